The van der Waals surface area contributed by atoms with E-state index in [1.54, 1.807) is 7.11 Å². The third-order valence-corrected chi connectivity index (χ3v) is 5.23. The molecule has 1 aromatic heterocycles. The topological polar surface area (TPSA) is 66.7 Å². The Morgan fingerprint density at radius 3 is 2.52 bits per heavy atom. The van der Waals surface area contributed by atoms with Crippen LogP contribution in [0.25, 0.3) is 0 Å². The zero-order valence-electron chi connectivity index (χ0n) is 17.6. The summed E-state index contributed by atoms with van der Waals surface area (Å²) < 4.78 is 7.14. The first-order valence-electron chi connectivity index (χ1n) is 9.99. The molecule has 1 saturated heterocycles. The summed E-state index contributed by atoms with van der Waals surface area (Å²) in [6, 6.07) is 8.74. The molecule has 2 aromatic rings. The van der Waals surface area contributed by atoms with E-state index < -0.39 is 0 Å². The van der Waals surface area contributed by atoms with Crippen LogP contribution in [0.3, 0.4) is 0 Å². The number of guanidine groups is 1. The Kier molecular flexibility index (Phi) is 9.72. The summed E-state index contributed by atoms with van der Waals surface area (Å²) in [5.41, 5.74) is 2.53. The second-order valence-electron chi connectivity index (χ2n) is 7.18. The number of hydrogen-bond donors (Lipinski definition) is 2. The van der Waals surface area contributed by atoms with Crippen molar-refractivity contribution in [1.82, 2.24) is 25.3 Å². The highest BCUT2D eigenvalue weighted by molar-refractivity contribution is 14.0. The van der Waals surface area contributed by atoms with Gasteiger partial charge in [-0.15, -0.1) is 24.0 Å². The fraction of sp³-hybridized carbons (Fsp3) is 0.524. The molecule has 0 bridgehead atoms. The predicted molar refractivity (Wildman–Crippen MR) is 128 cm³/mol. The van der Waals surface area contributed by atoms with E-state index in [4.69, 9.17) is 4.74 Å². The smallest absolute Gasteiger partial charge is 0.191 e. The molecule has 29 heavy (non-hydrogen) atoms. The maximum atomic E-state index is 5.31. The van der Waals surface area contributed by atoms with Gasteiger partial charge >= 0.3 is 0 Å². The van der Waals surface area contributed by atoms with Crippen molar-refractivity contribution in [1.29, 1.82) is 0 Å². The largest absolute Gasteiger partial charge is 0.497 e. The number of nitrogens with one attached hydrogen (secondary N) is 2. The lowest BCUT2D eigenvalue weighted by molar-refractivity contribution is 0.245. The highest BCUT2D eigenvalue weighted by Crippen LogP contribution is 2.26. The third kappa shape index (κ3) is 6.88. The van der Waals surface area contributed by atoms with Crippen LogP contribution in [0.15, 0.2) is 41.7 Å². The predicted octanol–water partition coefficient (Wildman–Crippen LogP) is 2.59. The van der Waals surface area contributed by atoms with Crippen molar-refractivity contribution in [2.24, 2.45) is 12.0 Å². The Morgan fingerprint density at radius 1 is 1.21 bits per heavy atom. The van der Waals surface area contributed by atoms with Crippen molar-refractivity contribution >= 4 is 29.9 Å². The molecule has 1 atom stereocenters. The van der Waals surface area contributed by atoms with Crippen molar-refractivity contribution < 1.29 is 4.74 Å². The van der Waals surface area contributed by atoms with Crippen molar-refractivity contribution in [3.05, 3.63) is 47.8 Å². The summed E-state index contributed by atoms with van der Waals surface area (Å²) in [6.45, 7) is 3.93. The SMILES string of the molecule is CN=C(NCCc1cnn(C)c1)NCC(c1ccc(OC)cc1)N1CCCC1.I. The molecule has 2 N–H and O–H groups in total. The average Bonchev–Trinajstić information content (AvgIpc) is 3.39. The first kappa shape index (κ1) is 23.5. The minimum Gasteiger partial charge on any atom is -0.497 e. The zero-order chi connectivity index (χ0) is 19.8. The van der Waals surface area contributed by atoms with Gasteiger partial charge in [0.2, 0.25) is 0 Å². The highest BCUT2D eigenvalue weighted by Gasteiger charge is 2.23. The van der Waals surface area contributed by atoms with Gasteiger partial charge in [-0.3, -0.25) is 14.6 Å². The van der Waals surface area contributed by atoms with Crippen molar-refractivity contribution in [2.45, 2.75) is 25.3 Å². The number of aromatic nitrogens is 2. The minimum absolute atomic E-state index is 0. The molecule has 2 heterocycles. The molecule has 0 spiro atoms. The molecule has 1 unspecified atom stereocenters. The molecule has 7 nitrogen and oxygen atoms in total. The summed E-state index contributed by atoms with van der Waals surface area (Å²) in [6.07, 6.45) is 7.41. The molecule has 0 amide bonds. The number of methoxy groups -OCH3 is 1. The number of ether oxygens (including phenoxy) is 1. The third-order valence-electron chi connectivity index (χ3n) is 5.23. The summed E-state index contributed by atoms with van der Waals surface area (Å²) in [7, 11) is 5.46. The van der Waals surface area contributed by atoms with Crippen LogP contribution in [-0.2, 0) is 13.5 Å². The molecule has 1 aliphatic heterocycles. The Labute approximate surface area is 190 Å². The zero-order valence-corrected chi connectivity index (χ0v) is 19.9. The van der Waals surface area contributed by atoms with Gasteiger partial charge < -0.3 is 15.4 Å². The Hall–Kier alpha value is -1.81. The molecule has 0 radical (unpaired) electrons. The normalized spacial score (nSPS) is 15.6. The van der Waals surface area contributed by atoms with E-state index >= 15 is 0 Å². The maximum Gasteiger partial charge on any atom is 0.191 e. The molecule has 0 saturated carbocycles. The number of aliphatic imine (C=N–C) groups is 1. The van der Waals surface area contributed by atoms with E-state index in [9.17, 15) is 0 Å². The molecule has 1 aliphatic rings. The number of aryl methyl sites for hydroxylation is 1. The van der Waals surface area contributed by atoms with Crippen LogP contribution in [0.4, 0.5) is 0 Å². The van der Waals surface area contributed by atoms with Gasteiger partial charge in [0.15, 0.2) is 5.96 Å². The van der Waals surface area contributed by atoms with Crippen LogP contribution in [0.2, 0.25) is 0 Å². The quantitative estimate of drug-likeness (QED) is 0.324. The van der Waals surface area contributed by atoms with Crippen LogP contribution in [0.1, 0.15) is 30.0 Å². The molecule has 160 valence electrons. The molecule has 0 aliphatic carbocycles. The number of hydrogen-bond acceptors (Lipinski definition) is 4. The van der Waals surface area contributed by atoms with E-state index in [1.165, 1.54) is 24.0 Å². The monoisotopic (exact) mass is 512 g/mol. The Balaban J connectivity index is 0.00000300. The van der Waals surface area contributed by atoms with Gasteiger partial charge in [0.05, 0.1) is 19.3 Å². The molecule has 3 rings (SSSR count). The molecule has 8 heteroatoms. The fourth-order valence-corrected chi connectivity index (χ4v) is 3.68. The lowest BCUT2D eigenvalue weighted by Crippen LogP contribution is -2.43. The Bertz CT molecular complexity index is 755. The van der Waals surface area contributed by atoms with Gasteiger partial charge in [-0.05, 0) is 55.6 Å². The summed E-state index contributed by atoms with van der Waals surface area (Å²) in [5, 5.41) is 11.1. The van der Waals surface area contributed by atoms with Gasteiger partial charge in [0, 0.05) is 33.4 Å². The lowest BCUT2D eigenvalue weighted by Gasteiger charge is -2.29. The van der Waals surface area contributed by atoms with E-state index in [1.807, 2.05) is 43.3 Å². The minimum atomic E-state index is 0. The fourth-order valence-electron chi connectivity index (χ4n) is 3.68. The van der Waals surface area contributed by atoms with Crippen LogP contribution in [0, 0.1) is 0 Å². The van der Waals surface area contributed by atoms with Gasteiger partial charge in [0.1, 0.15) is 5.75 Å². The van der Waals surface area contributed by atoms with Crippen LogP contribution in [-0.4, -0.2) is 61.0 Å². The van der Waals surface area contributed by atoms with Crippen molar-refractivity contribution in [3.63, 3.8) is 0 Å². The van der Waals surface area contributed by atoms with Crippen LogP contribution < -0.4 is 15.4 Å². The second-order valence-corrected chi connectivity index (χ2v) is 7.18. The van der Waals surface area contributed by atoms with Gasteiger partial charge in [0.25, 0.3) is 0 Å². The second kappa shape index (κ2) is 12.0. The van der Waals surface area contributed by atoms with Crippen molar-refractivity contribution in [2.75, 3.05) is 40.3 Å². The first-order valence-corrected chi connectivity index (χ1v) is 9.99. The first-order chi connectivity index (χ1) is 13.7. The number of rotatable bonds is 8. The average molecular weight is 512 g/mol. The van der Waals surface area contributed by atoms with E-state index in [2.05, 4.69) is 37.8 Å². The highest BCUT2D eigenvalue weighted by atomic mass is 127. The number of nitrogens with zero attached hydrogens (tertiary/aromatic N) is 4. The van der Waals surface area contributed by atoms with Crippen LogP contribution >= 0.6 is 24.0 Å². The molecule has 1 fully saturated rings. The van der Waals surface area contributed by atoms with E-state index in [-0.39, 0.29) is 24.0 Å². The number of halogens is 1. The number of benzene rings is 1. The lowest BCUT2D eigenvalue weighted by atomic mass is 10.1. The Morgan fingerprint density at radius 2 is 1.93 bits per heavy atom. The van der Waals surface area contributed by atoms with Gasteiger partial charge in [-0.2, -0.15) is 5.10 Å². The molecular weight excluding hydrogens is 479 g/mol. The van der Waals surface area contributed by atoms with Crippen molar-refractivity contribution in [3.8, 4) is 5.75 Å². The van der Waals surface area contributed by atoms with Gasteiger partial charge in [-0.25, -0.2) is 0 Å². The van der Waals surface area contributed by atoms with Crippen LogP contribution in [0.5, 0.6) is 5.75 Å². The summed E-state index contributed by atoms with van der Waals surface area (Å²) in [4.78, 5) is 6.93. The van der Waals surface area contributed by atoms with E-state index in [0.717, 1.165) is 44.3 Å². The summed E-state index contributed by atoms with van der Waals surface area (Å²) >= 11 is 0. The molecular formula is C21H33IN6O. The number of likely N-dealkylation sites (tertiary alicyclic amines) is 1. The van der Waals surface area contributed by atoms with Gasteiger partial charge in [-0.1, -0.05) is 12.1 Å². The van der Waals surface area contributed by atoms with E-state index in [0.29, 0.717) is 6.04 Å². The maximum absolute atomic E-state index is 5.31. The molecule has 1 aromatic carbocycles. The summed E-state index contributed by atoms with van der Waals surface area (Å²) in [5.74, 6) is 1.73. The standard InChI is InChI=1S/C21H32N6O.HI/c1-22-21(23-11-10-17-14-25-26(2)16-17)24-15-20(27-12-4-5-13-27)18-6-8-19(28-3)9-7-18;/h6-9,14,16,20H,4-5,10-13,15H2,1-3H3,(H2,22,23,24);1H.